The number of nitrogens with zero attached hydrogens (tertiary/aromatic N) is 2. The summed E-state index contributed by atoms with van der Waals surface area (Å²) in [6.07, 6.45) is 5.51. The molecule has 11 rings (SSSR count). The SMILES string of the molecule is CC1(C)c2ccccc2-c2cc3c4cc(C5C=CC6=C(C5)c5ccccc5-c5cccc(Cl)c5N6c5ccccc5N)ccc4n(-c4ccccc4)c3cc21. The van der Waals surface area contributed by atoms with Crippen LogP contribution >= 0.6 is 11.6 Å². The molecule has 4 heteroatoms. The summed E-state index contributed by atoms with van der Waals surface area (Å²) in [6.45, 7) is 4.72. The van der Waals surface area contributed by atoms with Gasteiger partial charge in [-0.1, -0.05) is 129 Å². The lowest BCUT2D eigenvalue weighted by Gasteiger charge is -2.32. The standard InChI is InChI=1S/C51H38ClN3/c1-51(2)42-19-9-8-17-36(42)38-29-41-40-28-32(23-25-46(40)54(49(41)30-43(38)51)33-13-4-3-5-14-33)31-24-26-47-39(27-31)35-16-7-6-15-34(35)37-18-12-20-44(52)50(37)55(47)48-22-11-10-21-45(48)53/h3-26,28-31H,27,53H2,1-2H3. The molecule has 0 spiro atoms. The van der Waals surface area contributed by atoms with Crippen LogP contribution in [-0.2, 0) is 5.41 Å². The second-order valence-electron chi connectivity index (χ2n) is 15.6. The quantitative estimate of drug-likeness (QED) is 0.184. The zero-order valence-electron chi connectivity index (χ0n) is 30.7. The van der Waals surface area contributed by atoms with Crippen LogP contribution in [0.5, 0.6) is 0 Å². The van der Waals surface area contributed by atoms with Crippen LogP contribution in [0.4, 0.5) is 17.1 Å². The molecule has 0 saturated heterocycles. The number of para-hydroxylation sites is 4. The number of hydrogen-bond acceptors (Lipinski definition) is 2. The second kappa shape index (κ2) is 11.9. The molecule has 0 radical (unpaired) electrons. The van der Waals surface area contributed by atoms with Gasteiger partial charge in [0.05, 0.1) is 33.1 Å². The Morgan fingerprint density at radius 3 is 2.16 bits per heavy atom. The van der Waals surface area contributed by atoms with Crippen LogP contribution in [-0.4, -0.2) is 4.57 Å². The van der Waals surface area contributed by atoms with E-state index in [2.05, 4.69) is 157 Å². The van der Waals surface area contributed by atoms with E-state index < -0.39 is 0 Å². The summed E-state index contributed by atoms with van der Waals surface area (Å²) in [5.74, 6) is 0.159. The van der Waals surface area contributed by atoms with Crippen molar-refractivity contribution in [3.63, 3.8) is 0 Å². The van der Waals surface area contributed by atoms with Gasteiger partial charge in [0.2, 0.25) is 0 Å². The van der Waals surface area contributed by atoms with E-state index in [-0.39, 0.29) is 11.3 Å². The molecule has 7 aromatic carbocycles. The van der Waals surface area contributed by atoms with Crippen molar-refractivity contribution >= 4 is 56.0 Å². The van der Waals surface area contributed by atoms with E-state index in [1.807, 2.05) is 30.3 Å². The maximum Gasteiger partial charge on any atom is 0.0727 e. The zero-order valence-corrected chi connectivity index (χ0v) is 31.5. The Hall–Kier alpha value is -6.29. The van der Waals surface area contributed by atoms with Gasteiger partial charge in [-0.15, -0.1) is 0 Å². The number of anilines is 3. The first-order valence-electron chi connectivity index (χ1n) is 19.1. The van der Waals surface area contributed by atoms with Crippen LogP contribution in [0.2, 0.25) is 5.02 Å². The molecule has 55 heavy (non-hydrogen) atoms. The van der Waals surface area contributed by atoms with Gasteiger partial charge in [-0.05, 0) is 112 Å². The third kappa shape index (κ3) is 4.63. The zero-order chi connectivity index (χ0) is 37.0. The van der Waals surface area contributed by atoms with Gasteiger partial charge >= 0.3 is 0 Å². The van der Waals surface area contributed by atoms with Crippen LogP contribution in [0, 0.1) is 0 Å². The van der Waals surface area contributed by atoms with E-state index in [9.17, 15) is 0 Å². The lowest BCUT2D eigenvalue weighted by molar-refractivity contribution is 0.661. The Morgan fingerprint density at radius 2 is 1.33 bits per heavy atom. The predicted molar refractivity (Wildman–Crippen MR) is 232 cm³/mol. The Labute approximate surface area is 326 Å². The summed E-state index contributed by atoms with van der Waals surface area (Å²) >= 11 is 7.13. The van der Waals surface area contributed by atoms with E-state index in [4.69, 9.17) is 17.3 Å². The molecule has 0 fully saturated rings. The van der Waals surface area contributed by atoms with Gasteiger partial charge in [0.1, 0.15) is 0 Å². The molecule has 0 amide bonds. The summed E-state index contributed by atoms with van der Waals surface area (Å²) in [4.78, 5) is 2.28. The lowest BCUT2D eigenvalue weighted by Crippen LogP contribution is -2.20. The molecule has 1 unspecified atom stereocenters. The van der Waals surface area contributed by atoms with Gasteiger partial charge in [0.25, 0.3) is 0 Å². The van der Waals surface area contributed by atoms with Crippen LogP contribution in [0.15, 0.2) is 170 Å². The summed E-state index contributed by atoms with van der Waals surface area (Å²) in [7, 11) is 0. The fourth-order valence-electron chi connectivity index (χ4n) is 9.71. The number of aromatic nitrogens is 1. The molecular formula is C51H38ClN3. The molecule has 2 aliphatic carbocycles. The molecule has 2 heterocycles. The van der Waals surface area contributed by atoms with E-state index >= 15 is 0 Å². The number of nitrogen functional groups attached to an aromatic ring is 1. The van der Waals surface area contributed by atoms with Crippen molar-refractivity contribution in [1.29, 1.82) is 0 Å². The van der Waals surface area contributed by atoms with E-state index in [0.717, 1.165) is 29.1 Å². The van der Waals surface area contributed by atoms with Gasteiger partial charge in [-0.3, -0.25) is 0 Å². The summed E-state index contributed by atoms with van der Waals surface area (Å²) in [6, 6.07) is 54.9. The Kier molecular flexibility index (Phi) is 6.93. The van der Waals surface area contributed by atoms with Crippen LogP contribution in [0.3, 0.4) is 0 Å². The highest BCUT2D eigenvalue weighted by Gasteiger charge is 2.37. The first-order chi connectivity index (χ1) is 26.9. The molecule has 264 valence electrons. The van der Waals surface area contributed by atoms with Gasteiger partial charge in [0, 0.05) is 39.1 Å². The van der Waals surface area contributed by atoms with Gasteiger partial charge in [-0.2, -0.15) is 0 Å². The average molecular weight is 728 g/mol. The number of hydrogen-bond donors (Lipinski definition) is 1. The lowest BCUT2D eigenvalue weighted by atomic mass is 9.82. The molecule has 0 saturated carbocycles. The van der Waals surface area contributed by atoms with E-state index in [1.165, 1.54) is 72.0 Å². The summed E-state index contributed by atoms with van der Waals surface area (Å²) in [5.41, 5.74) is 25.5. The van der Waals surface area contributed by atoms with Gasteiger partial charge in [0.15, 0.2) is 0 Å². The number of benzene rings is 7. The Morgan fingerprint density at radius 1 is 0.618 bits per heavy atom. The van der Waals surface area contributed by atoms with Crippen LogP contribution in [0.1, 0.15) is 48.4 Å². The maximum atomic E-state index is 7.13. The predicted octanol–water partition coefficient (Wildman–Crippen LogP) is 13.6. The van der Waals surface area contributed by atoms with Gasteiger partial charge < -0.3 is 15.2 Å². The first-order valence-corrected chi connectivity index (χ1v) is 19.5. The maximum absolute atomic E-state index is 7.13. The third-order valence-electron chi connectivity index (χ3n) is 12.3. The summed E-state index contributed by atoms with van der Waals surface area (Å²) < 4.78 is 2.45. The van der Waals surface area contributed by atoms with Gasteiger partial charge in [-0.25, -0.2) is 0 Å². The van der Waals surface area contributed by atoms with Crippen molar-refractivity contribution in [2.24, 2.45) is 0 Å². The van der Waals surface area contributed by atoms with E-state index in [0.29, 0.717) is 10.7 Å². The Balaban J connectivity index is 1.11. The van der Waals surface area contributed by atoms with Crippen molar-refractivity contribution < 1.29 is 0 Å². The summed E-state index contributed by atoms with van der Waals surface area (Å²) in [5, 5.41) is 3.24. The van der Waals surface area contributed by atoms with Crippen molar-refractivity contribution in [1.82, 2.24) is 4.57 Å². The Bertz CT molecular complexity index is 2960. The molecule has 1 aliphatic heterocycles. The molecule has 8 aromatic rings. The van der Waals surface area contributed by atoms with Crippen molar-refractivity contribution in [2.75, 3.05) is 10.6 Å². The molecule has 3 nitrogen and oxygen atoms in total. The number of fused-ring (bicyclic) bond motifs is 10. The minimum absolute atomic E-state index is 0.0846. The highest BCUT2D eigenvalue weighted by atomic mass is 35.5. The van der Waals surface area contributed by atoms with Crippen molar-refractivity contribution in [2.45, 2.75) is 31.6 Å². The highest BCUT2D eigenvalue weighted by molar-refractivity contribution is 6.34. The topological polar surface area (TPSA) is 34.2 Å². The molecular weight excluding hydrogens is 690 g/mol. The number of nitrogens with two attached hydrogens (primary N) is 1. The fraction of sp³-hybridized carbons (Fsp3) is 0.0980. The minimum atomic E-state index is -0.0846. The van der Waals surface area contributed by atoms with Crippen LogP contribution < -0.4 is 10.6 Å². The van der Waals surface area contributed by atoms with E-state index in [1.54, 1.807) is 0 Å². The van der Waals surface area contributed by atoms with Crippen molar-refractivity contribution in [3.05, 3.63) is 197 Å². The normalized spacial score (nSPS) is 16.4. The minimum Gasteiger partial charge on any atom is -0.397 e. The third-order valence-corrected chi connectivity index (χ3v) is 12.6. The molecule has 2 N–H and O–H groups in total. The number of allylic oxidation sites excluding steroid dienone is 3. The van der Waals surface area contributed by atoms with Crippen molar-refractivity contribution in [3.8, 4) is 27.9 Å². The molecule has 3 aliphatic rings. The first kappa shape index (κ1) is 32.2. The second-order valence-corrected chi connectivity index (χ2v) is 16.0. The fourth-order valence-corrected chi connectivity index (χ4v) is 9.97. The molecule has 1 atom stereocenters. The molecule has 1 aromatic heterocycles. The molecule has 0 bridgehead atoms. The monoisotopic (exact) mass is 727 g/mol. The van der Waals surface area contributed by atoms with Crippen LogP contribution in [0.25, 0.3) is 55.3 Å². The number of halogens is 1. The number of rotatable bonds is 3. The average Bonchev–Trinajstić information content (AvgIpc) is 3.60. The largest absolute Gasteiger partial charge is 0.397 e. The smallest absolute Gasteiger partial charge is 0.0727 e. The highest BCUT2D eigenvalue weighted by Crippen LogP contribution is 2.54.